The van der Waals surface area contributed by atoms with Gasteiger partial charge in [0.05, 0.1) is 13.2 Å². The lowest BCUT2D eigenvalue weighted by atomic mass is 10.00. The highest BCUT2D eigenvalue weighted by Gasteiger charge is 2.11. The third-order valence-electron chi connectivity index (χ3n) is 3.52. The molecule has 2 heteroatoms. The van der Waals surface area contributed by atoms with Crippen molar-refractivity contribution in [3.63, 3.8) is 0 Å². The highest BCUT2D eigenvalue weighted by molar-refractivity contribution is 5.20. The van der Waals surface area contributed by atoms with Gasteiger partial charge in [0.15, 0.2) is 0 Å². The largest absolute Gasteiger partial charge is 0.376 e. The summed E-state index contributed by atoms with van der Waals surface area (Å²) >= 11 is 0. The van der Waals surface area contributed by atoms with Gasteiger partial charge < -0.3 is 10.1 Å². The molecule has 0 aliphatic carbocycles. The van der Waals surface area contributed by atoms with E-state index in [1.165, 1.54) is 11.1 Å². The number of benzene rings is 2. The number of hydrogen-bond acceptors (Lipinski definition) is 2. The molecule has 0 aromatic heterocycles. The van der Waals surface area contributed by atoms with Crippen LogP contribution in [0.1, 0.15) is 30.4 Å². The molecule has 2 aromatic carbocycles. The normalized spacial score (nSPS) is 12.2. The molecule has 0 aliphatic heterocycles. The van der Waals surface area contributed by atoms with E-state index in [0.717, 1.165) is 26.1 Å². The minimum Gasteiger partial charge on any atom is -0.376 e. The molecule has 112 valence electrons. The molecular formula is C19H25NO. The Labute approximate surface area is 128 Å². The second-order valence-corrected chi connectivity index (χ2v) is 5.31. The van der Waals surface area contributed by atoms with Gasteiger partial charge in [-0.25, -0.2) is 0 Å². The number of ether oxygens (including phenoxy) is 1. The van der Waals surface area contributed by atoms with E-state index in [-0.39, 0.29) is 0 Å². The van der Waals surface area contributed by atoms with E-state index in [1.807, 2.05) is 6.07 Å². The van der Waals surface area contributed by atoms with E-state index in [4.69, 9.17) is 4.74 Å². The molecule has 1 N–H and O–H groups in total. The predicted molar refractivity (Wildman–Crippen MR) is 88.4 cm³/mol. The van der Waals surface area contributed by atoms with Crippen LogP contribution in [0, 0.1) is 0 Å². The van der Waals surface area contributed by atoms with E-state index in [1.54, 1.807) is 0 Å². The van der Waals surface area contributed by atoms with Crippen LogP contribution in [0.3, 0.4) is 0 Å². The van der Waals surface area contributed by atoms with Crippen molar-refractivity contribution in [2.75, 3.05) is 19.7 Å². The van der Waals surface area contributed by atoms with E-state index >= 15 is 0 Å². The molecule has 0 saturated carbocycles. The molecule has 0 amide bonds. The van der Waals surface area contributed by atoms with Crippen molar-refractivity contribution in [3.8, 4) is 0 Å². The topological polar surface area (TPSA) is 21.3 Å². The Morgan fingerprint density at radius 2 is 1.62 bits per heavy atom. The first-order valence-corrected chi connectivity index (χ1v) is 7.77. The molecule has 21 heavy (non-hydrogen) atoms. The molecule has 2 rings (SSSR count). The monoisotopic (exact) mass is 283 g/mol. The Morgan fingerprint density at radius 3 is 2.29 bits per heavy atom. The van der Waals surface area contributed by atoms with Crippen molar-refractivity contribution < 1.29 is 4.74 Å². The molecule has 0 radical (unpaired) electrons. The zero-order chi connectivity index (χ0) is 14.8. The van der Waals surface area contributed by atoms with Gasteiger partial charge in [-0.15, -0.1) is 0 Å². The lowest BCUT2D eigenvalue weighted by molar-refractivity contribution is 0.106. The van der Waals surface area contributed by atoms with Crippen LogP contribution in [0.2, 0.25) is 0 Å². The maximum atomic E-state index is 5.93. The van der Waals surface area contributed by atoms with Crippen LogP contribution in [0.5, 0.6) is 0 Å². The first-order chi connectivity index (χ1) is 10.4. The highest BCUT2D eigenvalue weighted by Crippen LogP contribution is 2.16. The average molecular weight is 283 g/mol. The SMILES string of the molecule is CCCNCC(COCc1ccccc1)c1ccccc1. The summed E-state index contributed by atoms with van der Waals surface area (Å²) in [5.41, 5.74) is 2.57. The summed E-state index contributed by atoms with van der Waals surface area (Å²) in [7, 11) is 0. The van der Waals surface area contributed by atoms with Crippen molar-refractivity contribution in [2.24, 2.45) is 0 Å². The molecule has 0 spiro atoms. The molecule has 0 bridgehead atoms. The lowest BCUT2D eigenvalue weighted by Crippen LogP contribution is -2.25. The van der Waals surface area contributed by atoms with Crippen molar-refractivity contribution >= 4 is 0 Å². The Kier molecular flexibility index (Phi) is 6.99. The summed E-state index contributed by atoms with van der Waals surface area (Å²) < 4.78 is 5.93. The van der Waals surface area contributed by atoms with E-state index < -0.39 is 0 Å². The van der Waals surface area contributed by atoms with Crippen molar-refractivity contribution in [2.45, 2.75) is 25.9 Å². The molecule has 0 aliphatic rings. The Hall–Kier alpha value is -1.64. The maximum absolute atomic E-state index is 5.93. The molecule has 0 fully saturated rings. The summed E-state index contributed by atoms with van der Waals surface area (Å²) in [4.78, 5) is 0. The summed E-state index contributed by atoms with van der Waals surface area (Å²) in [6, 6.07) is 21.0. The van der Waals surface area contributed by atoms with Crippen molar-refractivity contribution in [3.05, 3.63) is 71.8 Å². The van der Waals surface area contributed by atoms with Gasteiger partial charge in [0.2, 0.25) is 0 Å². The van der Waals surface area contributed by atoms with E-state index in [0.29, 0.717) is 12.5 Å². The summed E-state index contributed by atoms with van der Waals surface area (Å²) in [6.45, 7) is 5.64. The molecular weight excluding hydrogens is 258 g/mol. The van der Waals surface area contributed by atoms with Crippen molar-refractivity contribution in [1.29, 1.82) is 0 Å². The summed E-state index contributed by atoms with van der Waals surface area (Å²) in [5.74, 6) is 0.404. The van der Waals surface area contributed by atoms with Crippen LogP contribution in [-0.2, 0) is 11.3 Å². The first kappa shape index (κ1) is 15.7. The number of hydrogen-bond donors (Lipinski definition) is 1. The summed E-state index contributed by atoms with van der Waals surface area (Å²) in [5, 5.41) is 3.50. The Bertz CT molecular complexity index is 483. The highest BCUT2D eigenvalue weighted by atomic mass is 16.5. The van der Waals surface area contributed by atoms with Crippen molar-refractivity contribution in [1.82, 2.24) is 5.32 Å². The van der Waals surface area contributed by atoms with E-state index in [2.05, 4.69) is 66.8 Å². The predicted octanol–water partition coefficient (Wildman–Crippen LogP) is 3.99. The Morgan fingerprint density at radius 1 is 0.952 bits per heavy atom. The molecule has 2 aromatic rings. The fourth-order valence-corrected chi connectivity index (χ4v) is 2.34. The molecule has 1 unspecified atom stereocenters. The van der Waals surface area contributed by atoms with Gasteiger partial charge in [-0.2, -0.15) is 0 Å². The zero-order valence-electron chi connectivity index (χ0n) is 12.8. The van der Waals surface area contributed by atoms with Crippen LogP contribution in [0.15, 0.2) is 60.7 Å². The first-order valence-electron chi connectivity index (χ1n) is 7.77. The Balaban J connectivity index is 1.86. The van der Waals surface area contributed by atoms with Gasteiger partial charge >= 0.3 is 0 Å². The van der Waals surface area contributed by atoms with Crippen LogP contribution < -0.4 is 5.32 Å². The smallest absolute Gasteiger partial charge is 0.0717 e. The molecule has 0 saturated heterocycles. The van der Waals surface area contributed by atoms with E-state index in [9.17, 15) is 0 Å². The van der Waals surface area contributed by atoms with Crippen LogP contribution >= 0.6 is 0 Å². The summed E-state index contributed by atoms with van der Waals surface area (Å²) in [6.07, 6.45) is 1.16. The van der Waals surface area contributed by atoms with Crippen LogP contribution in [0.4, 0.5) is 0 Å². The van der Waals surface area contributed by atoms with Gasteiger partial charge in [0.1, 0.15) is 0 Å². The maximum Gasteiger partial charge on any atom is 0.0717 e. The third kappa shape index (κ3) is 5.70. The quantitative estimate of drug-likeness (QED) is 0.703. The third-order valence-corrected chi connectivity index (χ3v) is 3.52. The molecule has 2 nitrogen and oxygen atoms in total. The second kappa shape index (κ2) is 9.32. The fraction of sp³-hybridized carbons (Fsp3) is 0.368. The molecule has 1 atom stereocenters. The van der Waals surface area contributed by atoms with Gasteiger partial charge in [0, 0.05) is 12.5 Å². The number of nitrogens with one attached hydrogen (secondary N) is 1. The lowest BCUT2D eigenvalue weighted by Gasteiger charge is -2.18. The fourth-order valence-electron chi connectivity index (χ4n) is 2.34. The van der Waals surface area contributed by atoms with Crippen LogP contribution in [0.25, 0.3) is 0 Å². The van der Waals surface area contributed by atoms with Gasteiger partial charge in [0.25, 0.3) is 0 Å². The second-order valence-electron chi connectivity index (χ2n) is 5.31. The number of rotatable bonds is 9. The molecule has 0 heterocycles. The van der Waals surface area contributed by atoms with Gasteiger partial charge in [-0.1, -0.05) is 67.6 Å². The van der Waals surface area contributed by atoms with Gasteiger partial charge in [-0.3, -0.25) is 0 Å². The van der Waals surface area contributed by atoms with Crippen LogP contribution in [-0.4, -0.2) is 19.7 Å². The van der Waals surface area contributed by atoms with Gasteiger partial charge in [-0.05, 0) is 24.1 Å². The average Bonchev–Trinajstić information content (AvgIpc) is 2.55. The standard InChI is InChI=1S/C19H25NO/c1-2-13-20-14-19(18-11-7-4-8-12-18)16-21-15-17-9-5-3-6-10-17/h3-12,19-20H,2,13-16H2,1H3. The minimum absolute atomic E-state index is 0.404. The minimum atomic E-state index is 0.404. The zero-order valence-corrected chi connectivity index (χ0v) is 12.8.